The lowest BCUT2D eigenvalue weighted by atomic mass is 10.1. The largest absolute Gasteiger partial charge is 0.613 e. The summed E-state index contributed by atoms with van der Waals surface area (Å²) in [7, 11) is -1.33. The van der Waals surface area contributed by atoms with E-state index in [0.29, 0.717) is 0 Å². The van der Waals surface area contributed by atoms with Gasteiger partial charge in [-0.15, -0.1) is 4.52 Å². The first-order valence-corrected chi connectivity index (χ1v) is 17.1. The minimum Gasteiger partial charge on any atom is -0.382 e. The van der Waals surface area contributed by atoms with E-state index in [9.17, 15) is 14.6 Å². The van der Waals surface area contributed by atoms with Crippen molar-refractivity contribution < 1.29 is 46.7 Å². The van der Waals surface area contributed by atoms with Gasteiger partial charge in [0, 0.05) is 7.11 Å². The van der Waals surface area contributed by atoms with Crippen LogP contribution in [0.4, 0.5) is 16.0 Å². The van der Waals surface area contributed by atoms with Crippen LogP contribution in [0.1, 0.15) is 24.4 Å². The smallest absolute Gasteiger partial charge is 0.382 e. The standard InChI is InChI=1S/C21H26FN11O9P2S/c1-37-13-8-2-38-43(35)31-10-7(40-19(9(10)22)32-5-27-11-15(23)25-4-26-16(11)32)3-39-44(36,45)42-14(13)20(41-8)33-6-28-12-17(33)29-21(24)30-18(12)34/h4-10,13-14,18-20,34H,2-3H2,1H3,(H6-,23,24,25,26,29,30,31,35,36,45)/p+1. The van der Waals surface area contributed by atoms with Crippen LogP contribution in [0.2, 0.25) is 0 Å². The number of aliphatic imine (C=N–C) groups is 1. The molecule has 3 saturated heterocycles. The molecule has 242 valence electrons. The second-order valence-corrected chi connectivity index (χ2v) is 14.1. The molecule has 7 rings (SSSR count). The highest BCUT2D eigenvalue weighted by atomic mass is 32.5. The minimum atomic E-state index is -4.13. The van der Waals surface area contributed by atoms with Crippen LogP contribution in [0.3, 0.4) is 0 Å². The summed E-state index contributed by atoms with van der Waals surface area (Å²) in [5.41, 5.74) is 12.3. The van der Waals surface area contributed by atoms with Gasteiger partial charge in [0.1, 0.15) is 60.4 Å². The van der Waals surface area contributed by atoms with Crippen molar-refractivity contribution >= 4 is 55.5 Å². The van der Waals surface area contributed by atoms with E-state index in [0.717, 1.165) is 0 Å². The minimum absolute atomic E-state index is 0.0774. The molecule has 0 radical (unpaired) electrons. The lowest BCUT2D eigenvalue weighted by molar-refractivity contribution is -0.0518. The first kappa shape index (κ1) is 30.8. The molecule has 4 aliphatic heterocycles. The number of aromatic nitrogens is 6. The van der Waals surface area contributed by atoms with Crippen LogP contribution in [-0.2, 0) is 44.2 Å². The Bertz CT molecular complexity index is 1720. The molecule has 20 nitrogen and oxygen atoms in total. The van der Waals surface area contributed by atoms with Crippen molar-refractivity contribution in [2.24, 2.45) is 10.7 Å². The number of nitrogen functional groups attached to an aromatic ring is 1. The third-order valence-corrected chi connectivity index (χ3v) is 10.1. The van der Waals surface area contributed by atoms with Gasteiger partial charge >= 0.3 is 14.9 Å². The van der Waals surface area contributed by atoms with Crippen LogP contribution in [0.5, 0.6) is 0 Å². The number of aliphatic hydroxyl groups is 1. The zero-order valence-electron chi connectivity index (χ0n) is 23.1. The fourth-order valence-corrected chi connectivity index (χ4v) is 7.96. The summed E-state index contributed by atoms with van der Waals surface area (Å²) < 4.78 is 66.9. The number of hydrogen-bond donors (Lipinski definition) is 6. The summed E-state index contributed by atoms with van der Waals surface area (Å²) in [5, 5.41) is 15.8. The molecule has 24 heteroatoms. The Labute approximate surface area is 258 Å². The number of aliphatic hydroxyl groups excluding tert-OH is 1. The van der Waals surface area contributed by atoms with Crippen LogP contribution in [0.15, 0.2) is 24.0 Å². The summed E-state index contributed by atoms with van der Waals surface area (Å²) in [6.07, 6.45) is -5.88. The average Bonchev–Trinajstić information content (AvgIpc) is 3.75. The summed E-state index contributed by atoms with van der Waals surface area (Å²) in [6, 6.07) is -1.25. The quantitative estimate of drug-likeness (QED) is 0.188. The molecule has 3 fully saturated rings. The van der Waals surface area contributed by atoms with E-state index >= 15 is 4.39 Å². The Hall–Kier alpha value is -2.85. The molecule has 11 atom stereocenters. The third-order valence-electron chi connectivity index (χ3n) is 7.67. The Kier molecular flexibility index (Phi) is 8.04. The summed E-state index contributed by atoms with van der Waals surface area (Å²) in [4.78, 5) is 31.4. The van der Waals surface area contributed by atoms with Gasteiger partial charge < -0.3 is 45.5 Å². The number of hydrogen-bond acceptors (Lipinski definition) is 17. The number of nitrogens with zero attached hydrogens (tertiary/aromatic N) is 7. The predicted octanol–water partition coefficient (Wildman–Crippen LogP) is -0.551. The molecule has 4 aliphatic rings. The first-order chi connectivity index (χ1) is 21.5. The van der Waals surface area contributed by atoms with Crippen LogP contribution in [-0.4, -0.2) is 102 Å². The van der Waals surface area contributed by atoms with Crippen molar-refractivity contribution in [2.45, 2.75) is 55.3 Å². The Morgan fingerprint density at radius 3 is 2.73 bits per heavy atom. The number of rotatable bonds is 3. The van der Waals surface area contributed by atoms with Gasteiger partial charge in [-0.05, 0) is 16.4 Å². The molecule has 8 N–H and O–H groups in total. The van der Waals surface area contributed by atoms with E-state index in [1.165, 1.54) is 35.2 Å². The molecule has 0 spiro atoms. The fourth-order valence-electron chi connectivity index (χ4n) is 5.64. The van der Waals surface area contributed by atoms with Crippen molar-refractivity contribution in [1.29, 1.82) is 0 Å². The number of halogens is 1. The zero-order chi connectivity index (χ0) is 31.6. The van der Waals surface area contributed by atoms with Crippen LogP contribution >= 0.6 is 14.9 Å². The molecule has 0 amide bonds. The number of methoxy groups -OCH3 is 1. The van der Waals surface area contributed by atoms with E-state index in [1.54, 1.807) is 0 Å². The van der Waals surface area contributed by atoms with Crippen molar-refractivity contribution in [3.63, 3.8) is 0 Å². The fraction of sp³-hybridized carbons (Fsp3) is 0.571. The third kappa shape index (κ3) is 5.49. The predicted molar refractivity (Wildman–Crippen MR) is 153 cm³/mol. The lowest BCUT2D eigenvalue weighted by Gasteiger charge is -2.29. The summed E-state index contributed by atoms with van der Waals surface area (Å²) in [6.45, 7) is -4.92. The number of anilines is 2. The number of imidazole rings is 2. The molecule has 7 heterocycles. The SMILES string of the molecule is COC1C2CO[P+](=O)NC3C(COP(O)(=S)OC1C(n1cnc4c1NC(N)=NC4O)O2)OC(n1cnc2c(N)ncnc21)C3F. The molecule has 11 unspecified atom stereocenters. The van der Waals surface area contributed by atoms with Gasteiger partial charge in [0.25, 0.3) is 0 Å². The van der Waals surface area contributed by atoms with Gasteiger partial charge in [0.05, 0.1) is 19.3 Å². The topological polar surface area (TPSA) is 263 Å². The average molecular weight is 691 g/mol. The summed E-state index contributed by atoms with van der Waals surface area (Å²) in [5.74, 6) is 0.258. The molecule has 0 aliphatic carbocycles. The monoisotopic (exact) mass is 690 g/mol. The Morgan fingerprint density at radius 2 is 1.93 bits per heavy atom. The molecule has 3 aromatic rings. The Morgan fingerprint density at radius 1 is 1.16 bits per heavy atom. The van der Waals surface area contributed by atoms with E-state index in [-0.39, 0.29) is 41.1 Å². The van der Waals surface area contributed by atoms with Crippen LogP contribution in [0, 0.1) is 0 Å². The highest BCUT2D eigenvalue weighted by Crippen LogP contribution is 2.52. The van der Waals surface area contributed by atoms with Crippen LogP contribution in [0.25, 0.3) is 11.2 Å². The normalized spacial score (nSPS) is 38.0. The second-order valence-electron chi connectivity index (χ2n) is 10.3. The highest BCUT2D eigenvalue weighted by Gasteiger charge is 2.54. The van der Waals surface area contributed by atoms with Gasteiger partial charge in [-0.1, -0.05) is 5.09 Å². The van der Waals surface area contributed by atoms with Gasteiger partial charge in [-0.3, -0.25) is 13.7 Å². The maximum atomic E-state index is 16.0. The number of guanidine groups is 1. The highest BCUT2D eigenvalue weighted by molar-refractivity contribution is 8.07. The molecule has 2 bridgehead atoms. The number of ether oxygens (including phenoxy) is 3. The molecular formula is C21H27FN11O9P2S+. The Balaban J connectivity index is 1.18. The molecule has 0 saturated carbocycles. The molecule has 3 aromatic heterocycles. The molecule has 0 aromatic carbocycles. The van der Waals surface area contributed by atoms with Crippen molar-refractivity contribution in [2.75, 3.05) is 31.4 Å². The molecular weight excluding hydrogens is 663 g/mol. The van der Waals surface area contributed by atoms with E-state index in [2.05, 4.69) is 35.3 Å². The lowest BCUT2D eigenvalue weighted by Crippen LogP contribution is -2.41. The van der Waals surface area contributed by atoms with Gasteiger partial charge in [-0.25, -0.2) is 29.3 Å². The van der Waals surface area contributed by atoms with Gasteiger partial charge in [0.15, 0.2) is 42.3 Å². The maximum absolute atomic E-state index is 16.0. The number of nitrogens with one attached hydrogen (secondary N) is 2. The van der Waals surface area contributed by atoms with Crippen molar-refractivity contribution in [1.82, 2.24) is 34.2 Å². The van der Waals surface area contributed by atoms with E-state index in [4.69, 9.17) is 51.1 Å². The zero-order valence-corrected chi connectivity index (χ0v) is 25.7. The first-order valence-electron chi connectivity index (χ1n) is 13.3. The molecule has 45 heavy (non-hydrogen) atoms. The summed E-state index contributed by atoms with van der Waals surface area (Å²) >= 11 is 5.35. The van der Waals surface area contributed by atoms with Gasteiger partial charge in [-0.2, -0.15) is 0 Å². The van der Waals surface area contributed by atoms with Crippen molar-refractivity contribution in [3.8, 4) is 0 Å². The number of alkyl halides is 1. The van der Waals surface area contributed by atoms with E-state index in [1.807, 2.05) is 0 Å². The van der Waals surface area contributed by atoms with Crippen LogP contribution < -0.4 is 21.9 Å². The van der Waals surface area contributed by atoms with Gasteiger partial charge in [0.2, 0.25) is 0 Å². The number of fused-ring (bicyclic) bond motifs is 5. The maximum Gasteiger partial charge on any atom is 0.613 e. The number of nitrogens with two attached hydrogens (primary N) is 2. The van der Waals surface area contributed by atoms with E-state index < -0.39 is 76.8 Å². The van der Waals surface area contributed by atoms with Crippen molar-refractivity contribution in [3.05, 3.63) is 24.7 Å². The second kappa shape index (κ2) is 11.7.